The van der Waals surface area contributed by atoms with E-state index in [1.54, 1.807) is 12.1 Å². The second-order valence-corrected chi connectivity index (χ2v) is 5.29. The Balaban J connectivity index is 1.71. The Labute approximate surface area is 123 Å². The van der Waals surface area contributed by atoms with Crippen LogP contribution < -0.4 is 10.5 Å². The number of nitrogens with one attached hydrogen (secondary N) is 1. The lowest BCUT2D eigenvalue weighted by atomic mass is 10.1. The highest BCUT2D eigenvalue weighted by atomic mass is 19.1. The summed E-state index contributed by atoms with van der Waals surface area (Å²) in [6.45, 7) is 0.169. The quantitative estimate of drug-likeness (QED) is 0.669. The smallest absolute Gasteiger partial charge is 0.130 e. The van der Waals surface area contributed by atoms with Crippen molar-refractivity contribution in [2.75, 3.05) is 0 Å². The van der Waals surface area contributed by atoms with Gasteiger partial charge in [0.25, 0.3) is 0 Å². The first-order chi connectivity index (χ1) is 10.1. The number of halogens is 1. The van der Waals surface area contributed by atoms with Crippen LogP contribution in [0.5, 0.6) is 5.75 Å². The molecule has 21 heavy (non-hydrogen) atoms. The Hall–Kier alpha value is -2.36. The third kappa shape index (κ3) is 2.89. The lowest BCUT2D eigenvalue weighted by Crippen LogP contribution is -2.12. The number of fused-ring (bicyclic) bond motifs is 1. The Kier molecular flexibility index (Phi) is 3.60. The van der Waals surface area contributed by atoms with Gasteiger partial charge >= 0.3 is 0 Å². The number of aryl methyl sites for hydroxylation is 2. The first-order valence-electron chi connectivity index (χ1n) is 7.01. The van der Waals surface area contributed by atoms with Gasteiger partial charge in [0.05, 0.1) is 0 Å². The molecule has 2 aromatic carbocycles. The molecule has 1 aliphatic carbocycles. The number of hydrogen-bond donors (Lipinski definition) is 2. The van der Waals surface area contributed by atoms with Gasteiger partial charge in [-0.05, 0) is 48.6 Å². The van der Waals surface area contributed by atoms with E-state index >= 15 is 0 Å². The fourth-order valence-electron chi connectivity index (χ4n) is 2.63. The summed E-state index contributed by atoms with van der Waals surface area (Å²) in [7, 11) is 0. The van der Waals surface area contributed by atoms with Crippen LogP contribution in [0.25, 0.3) is 0 Å². The molecule has 1 aliphatic rings. The van der Waals surface area contributed by atoms with Crippen molar-refractivity contribution in [3.8, 4) is 5.75 Å². The van der Waals surface area contributed by atoms with Crippen molar-refractivity contribution >= 4 is 5.84 Å². The summed E-state index contributed by atoms with van der Waals surface area (Å²) in [4.78, 5) is 0. The van der Waals surface area contributed by atoms with Gasteiger partial charge < -0.3 is 10.5 Å². The van der Waals surface area contributed by atoms with E-state index in [1.165, 1.54) is 23.6 Å². The van der Waals surface area contributed by atoms with E-state index in [9.17, 15) is 4.39 Å². The van der Waals surface area contributed by atoms with Crippen molar-refractivity contribution in [2.45, 2.75) is 25.9 Å². The Morgan fingerprint density at radius 2 is 1.95 bits per heavy atom. The average Bonchev–Trinajstić information content (AvgIpc) is 2.93. The normalized spacial score (nSPS) is 13.0. The first kappa shape index (κ1) is 13.6. The van der Waals surface area contributed by atoms with Gasteiger partial charge in [-0.2, -0.15) is 0 Å². The zero-order valence-electron chi connectivity index (χ0n) is 11.7. The summed E-state index contributed by atoms with van der Waals surface area (Å²) < 4.78 is 19.6. The van der Waals surface area contributed by atoms with E-state index in [0.717, 1.165) is 18.6 Å². The maximum Gasteiger partial charge on any atom is 0.130 e. The Morgan fingerprint density at radius 3 is 2.71 bits per heavy atom. The van der Waals surface area contributed by atoms with Crippen LogP contribution in [0.15, 0.2) is 36.4 Å². The number of hydrogen-bond acceptors (Lipinski definition) is 2. The fourth-order valence-corrected chi connectivity index (χ4v) is 2.63. The molecule has 0 spiro atoms. The number of nitrogen functional groups attached to an aromatic ring is 1. The van der Waals surface area contributed by atoms with Crippen molar-refractivity contribution in [1.29, 1.82) is 5.41 Å². The molecule has 3 nitrogen and oxygen atoms in total. The van der Waals surface area contributed by atoms with E-state index in [4.69, 9.17) is 15.9 Å². The third-order valence-corrected chi connectivity index (χ3v) is 3.83. The molecule has 4 heteroatoms. The molecule has 0 fully saturated rings. The van der Waals surface area contributed by atoms with Crippen molar-refractivity contribution in [1.82, 2.24) is 0 Å². The van der Waals surface area contributed by atoms with Gasteiger partial charge in [-0.15, -0.1) is 0 Å². The molecule has 0 heterocycles. The Morgan fingerprint density at radius 1 is 1.14 bits per heavy atom. The summed E-state index contributed by atoms with van der Waals surface area (Å²) in [5.74, 6) is 0.231. The van der Waals surface area contributed by atoms with Gasteiger partial charge in [-0.25, -0.2) is 4.39 Å². The zero-order chi connectivity index (χ0) is 14.8. The molecule has 0 unspecified atom stereocenters. The molecular formula is C17H17FN2O. The van der Waals surface area contributed by atoms with E-state index in [2.05, 4.69) is 6.07 Å². The van der Waals surface area contributed by atoms with Crippen LogP contribution in [0.3, 0.4) is 0 Å². The summed E-state index contributed by atoms with van der Waals surface area (Å²) >= 11 is 0. The lowest BCUT2D eigenvalue weighted by Gasteiger charge is -2.09. The second kappa shape index (κ2) is 5.56. The monoisotopic (exact) mass is 284 g/mol. The number of amidine groups is 1. The van der Waals surface area contributed by atoms with Crippen molar-refractivity contribution in [3.05, 3.63) is 64.5 Å². The van der Waals surface area contributed by atoms with Crippen molar-refractivity contribution < 1.29 is 9.13 Å². The minimum absolute atomic E-state index is 0.139. The van der Waals surface area contributed by atoms with Crippen molar-refractivity contribution in [3.63, 3.8) is 0 Å². The molecule has 0 radical (unpaired) electrons. The highest BCUT2D eigenvalue weighted by Crippen LogP contribution is 2.26. The topological polar surface area (TPSA) is 59.1 Å². The molecule has 2 aromatic rings. The average molecular weight is 284 g/mol. The molecule has 3 rings (SSSR count). The minimum Gasteiger partial charge on any atom is -0.489 e. The largest absolute Gasteiger partial charge is 0.489 e. The molecule has 0 saturated heterocycles. The van der Waals surface area contributed by atoms with Crippen LogP contribution in [-0.4, -0.2) is 5.84 Å². The van der Waals surface area contributed by atoms with Crippen LogP contribution in [0.2, 0.25) is 0 Å². The lowest BCUT2D eigenvalue weighted by molar-refractivity contribution is 0.299. The Bertz CT molecular complexity index is 697. The summed E-state index contributed by atoms with van der Waals surface area (Å²) in [5.41, 5.74) is 8.90. The maximum absolute atomic E-state index is 13.9. The summed E-state index contributed by atoms with van der Waals surface area (Å²) in [5, 5.41) is 7.29. The SMILES string of the molecule is N=C(N)c1ccc(COc2ccc3c(c2)CCC3)c(F)c1. The van der Waals surface area contributed by atoms with Gasteiger partial charge in [0.1, 0.15) is 24.0 Å². The first-order valence-corrected chi connectivity index (χ1v) is 7.01. The van der Waals surface area contributed by atoms with E-state index in [0.29, 0.717) is 11.1 Å². The van der Waals surface area contributed by atoms with E-state index in [-0.39, 0.29) is 12.4 Å². The van der Waals surface area contributed by atoms with Crippen LogP contribution in [-0.2, 0) is 19.4 Å². The molecule has 0 amide bonds. The van der Waals surface area contributed by atoms with Gasteiger partial charge in [0.2, 0.25) is 0 Å². The van der Waals surface area contributed by atoms with Gasteiger partial charge in [-0.1, -0.05) is 18.2 Å². The van der Waals surface area contributed by atoms with Crippen LogP contribution in [0.1, 0.15) is 28.7 Å². The highest BCUT2D eigenvalue weighted by molar-refractivity contribution is 5.94. The highest BCUT2D eigenvalue weighted by Gasteiger charge is 2.12. The number of rotatable bonds is 4. The minimum atomic E-state index is -0.399. The van der Waals surface area contributed by atoms with Crippen LogP contribution in [0, 0.1) is 11.2 Å². The second-order valence-electron chi connectivity index (χ2n) is 5.29. The standard InChI is InChI=1S/C17H17FN2O/c18-16-9-13(17(19)20)4-5-14(16)10-21-15-7-6-11-2-1-3-12(11)8-15/h4-9H,1-3,10H2,(H3,19,20). The number of ether oxygens (including phenoxy) is 1. The molecule has 0 atom stereocenters. The summed E-state index contributed by atoms with van der Waals surface area (Å²) in [6, 6.07) is 10.6. The number of nitrogens with two attached hydrogens (primary N) is 1. The van der Waals surface area contributed by atoms with Gasteiger partial charge in [0.15, 0.2) is 0 Å². The van der Waals surface area contributed by atoms with E-state index in [1.807, 2.05) is 12.1 Å². The fraction of sp³-hybridized carbons (Fsp3) is 0.235. The van der Waals surface area contributed by atoms with Crippen molar-refractivity contribution in [2.24, 2.45) is 5.73 Å². The molecular weight excluding hydrogens is 267 g/mol. The van der Waals surface area contributed by atoms with Crippen LogP contribution in [0.4, 0.5) is 4.39 Å². The van der Waals surface area contributed by atoms with Crippen LogP contribution >= 0.6 is 0 Å². The van der Waals surface area contributed by atoms with E-state index < -0.39 is 5.82 Å². The maximum atomic E-state index is 13.9. The zero-order valence-corrected chi connectivity index (χ0v) is 11.7. The summed E-state index contributed by atoms with van der Waals surface area (Å²) in [6.07, 6.45) is 3.42. The molecule has 108 valence electrons. The predicted molar refractivity (Wildman–Crippen MR) is 80.2 cm³/mol. The molecule has 0 aromatic heterocycles. The molecule has 0 saturated carbocycles. The van der Waals surface area contributed by atoms with Gasteiger partial charge in [0, 0.05) is 11.1 Å². The van der Waals surface area contributed by atoms with Gasteiger partial charge in [-0.3, -0.25) is 5.41 Å². The molecule has 0 aliphatic heterocycles. The number of benzene rings is 2. The third-order valence-electron chi connectivity index (χ3n) is 3.83. The molecule has 0 bridgehead atoms. The molecule has 3 N–H and O–H groups in total. The predicted octanol–water partition coefficient (Wildman–Crippen LogP) is 3.18.